The first kappa shape index (κ1) is 12.6. The van der Waals surface area contributed by atoms with Crippen molar-refractivity contribution < 1.29 is 0 Å². The van der Waals surface area contributed by atoms with E-state index in [4.69, 9.17) is 5.73 Å². The number of rotatable bonds is 4. The molecular formula is C13H24N4. The van der Waals surface area contributed by atoms with E-state index in [1.165, 1.54) is 32.1 Å². The molecule has 1 aromatic rings. The Morgan fingerprint density at radius 2 is 2.12 bits per heavy atom. The van der Waals surface area contributed by atoms with Crippen LogP contribution < -0.4 is 5.73 Å². The van der Waals surface area contributed by atoms with Crippen molar-refractivity contribution in [1.29, 1.82) is 0 Å². The molecule has 0 saturated heterocycles. The van der Waals surface area contributed by atoms with E-state index in [-0.39, 0.29) is 5.54 Å². The van der Waals surface area contributed by atoms with Crippen molar-refractivity contribution >= 4 is 0 Å². The van der Waals surface area contributed by atoms with Crippen LogP contribution in [0, 0.1) is 0 Å². The van der Waals surface area contributed by atoms with E-state index in [0.717, 1.165) is 18.9 Å². The maximum absolute atomic E-state index is 6.04. The summed E-state index contributed by atoms with van der Waals surface area (Å²) in [5.41, 5.74) is 6.24. The number of aromatic nitrogens is 2. The van der Waals surface area contributed by atoms with E-state index in [2.05, 4.69) is 21.5 Å². The van der Waals surface area contributed by atoms with E-state index in [9.17, 15) is 0 Å². The van der Waals surface area contributed by atoms with Gasteiger partial charge in [-0.2, -0.15) is 0 Å². The van der Waals surface area contributed by atoms with E-state index >= 15 is 0 Å². The summed E-state index contributed by atoms with van der Waals surface area (Å²) in [5, 5.41) is 0. The second-order valence-electron chi connectivity index (χ2n) is 5.30. The average Bonchev–Trinajstić information content (AvgIpc) is 2.76. The summed E-state index contributed by atoms with van der Waals surface area (Å²) in [6.45, 7) is 1.65. The second-order valence-corrected chi connectivity index (χ2v) is 5.30. The Morgan fingerprint density at radius 1 is 1.41 bits per heavy atom. The molecule has 0 bridgehead atoms. The SMILES string of the molecule is CN(Cc1nccn1C)C1(CN)CCCCC1. The van der Waals surface area contributed by atoms with Gasteiger partial charge in [0, 0.05) is 31.5 Å². The van der Waals surface area contributed by atoms with Crippen molar-refractivity contribution in [3.05, 3.63) is 18.2 Å². The predicted octanol–water partition coefficient (Wildman–Crippen LogP) is 1.51. The van der Waals surface area contributed by atoms with Gasteiger partial charge in [-0.05, 0) is 19.9 Å². The molecule has 4 nitrogen and oxygen atoms in total. The lowest BCUT2D eigenvalue weighted by Crippen LogP contribution is -2.53. The number of likely N-dealkylation sites (N-methyl/N-ethyl adjacent to an activating group) is 1. The van der Waals surface area contributed by atoms with Crippen LogP contribution in [-0.2, 0) is 13.6 Å². The normalized spacial score (nSPS) is 19.8. The molecular weight excluding hydrogens is 212 g/mol. The topological polar surface area (TPSA) is 47.1 Å². The number of aryl methyl sites for hydroxylation is 1. The van der Waals surface area contributed by atoms with Crippen molar-refractivity contribution in [2.24, 2.45) is 12.8 Å². The van der Waals surface area contributed by atoms with Gasteiger partial charge in [-0.1, -0.05) is 19.3 Å². The minimum absolute atomic E-state index is 0.199. The van der Waals surface area contributed by atoms with Gasteiger partial charge in [0.05, 0.1) is 6.54 Å². The van der Waals surface area contributed by atoms with E-state index in [1.807, 2.05) is 19.4 Å². The molecule has 1 saturated carbocycles. The zero-order valence-electron chi connectivity index (χ0n) is 11.0. The quantitative estimate of drug-likeness (QED) is 0.862. The van der Waals surface area contributed by atoms with Crippen molar-refractivity contribution in [3.8, 4) is 0 Å². The van der Waals surface area contributed by atoms with Gasteiger partial charge in [0.15, 0.2) is 0 Å². The van der Waals surface area contributed by atoms with Gasteiger partial charge < -0.3 is 10.3 Å². The monoisotopic (exact) mass is 236 g/mol. The first-order valence-corrected chi connectivity index (χ1v) is 6.55. The van der Waals surface area contributed by atoms with Crippen LogP contribution >= 0.6 is 0 Å². The van der Waals surface area contributed by atoms with Crippen LogP contribution in [0.15, 0.2) is 12.4 Å². The van der Waals surface area contributed by atoms with Crippen molar-refractivity contribution in [2.75, 3.05) is 13.6 Å². The molecule has 2 rings (SSSR count). The maximum atomic E-state index is 6.04. The summed E-state index contributed by atoms with van der Waals surface area (Å²) in [6.07, 6.45) is 10.3. The summed E-state index contributed by atoms with van der Waals surface area (Å²) < 4.78 is 2.09. The van der Waals surface area contributed by atoms with E-state index in [1.54, 1.807) is 0 Å². The number of imidazole rings is 1. The molecule has 0 amide bonds. The molecule has 1 aromatic heterocycles. The Bertz CT molecular complexity index is 352. The lowest BCUT2D eigenvalue weighted by molar-refractivity contribution is 0.0728. The molecule has 1 heterocycles. The third-order valence-electron chi connectivity index (χ3n) is 4.27. The molecule has 0 radical (unpaired) electrons. The minimum atomic E-state index is 0.199. The molecule has 0 aliphatic heterocycles. The van der Waals surface area contributed by atoms with E-state index < -0.39 is 0 Å². The molecule has 1 aliphatic carbocycles. The molecule has 17 heavy (non-hydrogen) atoms. The third-order valence-corrected chi connectivity index (χ3v) is 4.27. The molecule has 4 heteroatoms. The first-order chi connectivity index (χ1) is 8.18. The Kier molecular flexibility index (Phi) is 3.84. The van der Waals surface area contributed by atoms with Crippen LogP contribution in [0.25, 0.3) is 0 Å². The van der Waals surface area contributed by atoms with Crippen molar-refractivity contribution in [1.82, 2.24) is 14.5 Å². The third kappa shape index (κ3) is 2.53. The highest BCUT2D eigenvalue weighted by atomic mass is 15.2. The predicted molar refractivity (Wildman–Crippen MR) is 69.5 cm³/mol. The smallest absolute Gasteiger partial charge is 0.122 e. The molecule has 0 atom stereocenters. The standard InChI is InChI=1S/C13H24N4/c1-16-9-8-15-12(16)10-17(2)13(11-14)6-4-3-5-7-13/h8-9H,3-7,10-11,14H2,1-2H3. The van der Waals surface area contributed by atoms with Crippen LogP contribution in [0.2, 0.25) is 0 Å². The van der Waals surface area contributed by atoms with Crippen LogP contribution in [0.1, 0.15) is 37.9 Å². The van der Waals surface area contributed by atoms with Crippen LogP contribution in [-0.4, -0.2) is 33.6 Å². The number of nitrogens with zero attached hydrogens (tertiary/aromatic N) is 3. The Labute approximate surface area is 104 Å². The van der Waals surface area contributed by atoms with Gasteiger partial charge in [0.25, 0.3) is 0 Å². The Hall–Kier alpha value is -0.870. The van der Waals surface area contributed by atoms with Gasteiger partial charge >= 0.3 is 0 Å². The van der Waals surface area contributed by atoms with Crippen molar-refractivity contribution in [2.45, 2.75) is 44.2 Å². The second kappa shape index (κ2) is 5.19. The van der Waals surface area contributed by atoms with E-state index in [0.29, 0.717) is 0 Å². The molecule has 1 fully saturated rings. The molecule has 0 spiro atoms. The fraction of sp³-hybridized carbons (Fsp3) is 0.769. The lowest BCUT2D eigenvalue weighted by Gasteiger charge is -2.44. The molecule has 1 aliphatic rings. The molecule has 0 aromatic carbocycles. The fourth-order valence-electron chi connectivity index (χ4n) is 2.88. The van der Waals surface area contributed by atoms with Gasteiger partial charge in [-0.3, -0.25) is 4.90 Å². The zero-order chi connectivity index (χ0) is 12.3. The fourth-order valence-corrected chi connectivity index (χ4v) is 2.88. The molecule has 96 valence electrons. The highest BCUT2D eigenvalue weighted by Crippen LogP contribution is 2.32. The first-order valence-electron chi connectivity index (χ1n) is 6.55. The molecule has 2 N–H and O–H groups in total. The summed E-state index contributed by atoms with van der Waals surface area (Å²) in [4.78, 5) is 6.81. The van der Waals surface area contributed by atoms with Gasteiger partial charge in [0.2, 0.25) is 0 Å². The summed E-state index contributed by atoms with van der Waals surface area (Å²) in [7, 11) is 4.24. The minimum Gasteiger partial charge on any atom is -0.337 e. The van der Waals surface area contributed by atoms with Gasteiger partial charge in [0.1, 0.15) is 5.82 Å². The van der Waals surface area contributed by atoms with Crippen molar-refractivity contribution in [3.63, 3.8) is 0 Å². The van der Waals surface area contributed by atoms with Crippen LogP contribution in [0.4, 0.5) is 0 Å². The Balaban J connectivity index is 2.07. The highest BCUT2D eigenvalue weighted by Gasteiger charge is 2.34. The van der Waals surface area contributed by atoms with Crippen LogP contribution in [0.3, 0.4) is 0 Å². The number of nitrogens with two attached hydrogens (primary N) is 1. The Morgan fingerprint density at radius 3 is 2.65 bits per heavy atom. The maximum Gasteiger partial charge on any atom is 0.122 e. The number of hydrogen-bond donors (Lipinski definition) is 1. The van der Waals surface area contributed by atoms with Gasteiger partial charge in [-0.15, -0.1) is 0 Å². The summed E-state index contributed by atoms with van der Waals surface area (Å²) in [5.74, 6) is 1.12. The van der Waals surface area contributed by atoms with Gasteiger partial charge in [-0.25, -0.2) is 4.98 Å². The highest BCUT2D eigenvalue weighted by molar-refractivity contribution is 4.97. The average molecular weight is 236 g/mol. The zero-order valence-corrected chi connectivity index (χ0v) is 11.0. The largest absolute Gasteiger partial charge is 0.337 e. The summed E-state index contributed by atoms with van der Waals surface area (Å²) in [6, 6.07) is 0. The number of hydrogen-bond acceptors (Lipinski definition) is 3. The lowest BCUT2D eigenvalue weighted by atomic mass is 9.80. The van der Waals surface area contributed by atoms with Crippen LogP contribution in [0.5, 0.6) is 0 Å². The summed E-state index contributed by atoms with van der Waals surface area (Å²) >= 11 is 0. The molecule has 0 unspecified atom stereocenters.